The van der Waals surface area contributed by atoms with E-state index in [1.54, 1.807) is 6.20 Å². The number of carbonyl (C=O) groups is 1. The first-order chi connectivity index (χ1) is 9.10. The first-order valence-electron chi connectivity index (χ1n) is 7.12. The van der Waals surface area contributed by atoms with E-state index >= 15 is 0 Å². The minimum Gasteiger partial charge on any atom is -0.337 e. The van der Waals surface area contributed by atoms with Crippen molar-refractivity contribution >= 4 is 5.91 Å². The number of amides is 1. The van der Waals surface area contributed by atoms with Crippen LogP contribution in [0.1, 0.15) is 38.4 Å². The van der Waals surface area contributed by atoms with Crippen LogP contribution in [-0.4, -0.2) is 38.5 Å². The third-order valence-electron chi connectivity index (χ3n) is 4.32. The quantitative estimate of drug-likeness (QED) is 0.882. The number of nitrogens with one attached hydrogen (secondary N) is 1. The molecule has 0 aromatic carbocycles. The van der Waals surface area contributed by atoms with Gasteiger partial charge in [-0.1, -0.05) is 0 Å². The fourth-order valence-corrected chi connectivity index (χ4v) is 2.85. The van der Waals surface area contributed by atoms with E-state index in [9.17, 15) is 4.79 Å². The maximum absolute atomic E-state index is 12.8. The van der Waals surface area contributed by atoms with E-state index in [1.807, 2.05) is 29.6 Å². The van der Waals surface area contributed by atoms with Gasteiger partial charge >= 0.3 is 0 Å². The largest absolute Gasteiger partial charge is 0.337 e. The van der Waals surface area contributed by atoms with Crippen LogP contribution in [0.2, 0.25) is 0 Å². The predicted molar refractivity (Wildman–Crippen MR) is 72.4 cm³/mol. The van der Waals surface area contributed by atoms with E-state index in [-0.39, 0.29) is 11.4 Å². The molecule has 2 heterocycles. The van der Waals surface area contributed by atoms with Crippen LogP contribution in [0.25, 0.3) is 0 Å². The molecule has 0 spiro atoms. The zero-order valence-corrected chi connectivity index (χ0v) is 11.7. The molecule has 1 N–H and O–H groups in total. The Morgan fingerprint density at radius 1 is 1.63 bits per heavy atom. The summed E-state index contributed by atoms with van der Waals surface area (Å²) in [4.78, 5) is 19.2. The maximum Gasteiger partial charge on any atom is 0.243 e. The first-order valence-corrected chi connectivity index (χ1v) is 7.12. The van der Waals surface area contributed by atoms with Crippen molar-refractivity contribution in [3.63, 3.8) is 0 Å². The van der Waals surface area contributed by atoms with Gasteiger partial charge in [-0.2, -0.15) is 0 Å². The van der Waals surface area contributed by atoms with Gasteiger partial charge in [-0.25, -0.2) is 4.98 Å². The Labute approximate surface area is 114 Å². The summed E-state index contributed by atoms with van der Waals surface area (Å²) >= 11 is 0. The average Bonchev–Trinajstić information content (AvgIpc) is 3.01. The van der Waals surface area contributed by atoms with Gasteiger partial charge in [0, 0.05) is 25.5 Å². The van der Waals surface area contributed by atoms with E-state index in [4.69, 9.17) is 0 Å². The van der Waals surface area contributed by atoms with Crippen molar-refractivity contribution in [2.24, 2.45) is 7.05 Å². The molecule has 2 fully saturated rings. The SMILES string of the molecule is Cn1ccnc1CN(C(=O)C1(C)CCCN1)C1CC1. The average molecular weight is 262 g/mol. The molecule has 1 aromatic rings. The Morgan fingerprint density at radius 2 is 2.42 bits per heavy atom. The summed E-state index contributed by atoms with van der Waals surface area (Å²) in [5.74, 6) is 1.21. The monoisotopic (exact) mass is 262 g/mol. The fourth-order valence-electron chi connectivity index (χ4n) is 2.85. The van der Waals surface area contributed by atoms with Crippen molar-refractivity contribution in [2.75, 3.05) is 6.54 Å². The Kier molecular flexibility index (Phi) is 3.09. The second-order valence-electron chi connectivity index (χ2n) is 5.98. The Morgan fingerprint density at radius 3 is 2.95 bits per heavy atom. The van der Waals surface area contributed by atoms with Gasteiger partial charge in [0.2, 0.25) is 5.91 Å². The van der Waals surface area contributed by atoms with Crippen LogP contribution in [0.3, 0.4) is 0 Å². The second-order valence-corrected chi connectivity index (χ2v) is 5.98. The summed E-state index contributed by atoms with van der Waals surface area (Å²) in [7, 11) is 1.98. The van der Waals surface area contributed by atoms with E-state index < -0.39 is 0 Å². The smallest absolute Gasteiger partial charge is 0.243 e. The number of imidazole rings is 1. The molecular formula is C14H22N4O. The Balaban J connectivity index is 1.77. The van der Waals surface area contributed by atoms with Crippen LogP contribution < -0.4 is 5.32 Å². The molecule has 3 rings (SSSR count). The number of aromatic nitrogens is 2. The lowest BCUT2D eigenvalue weighted by atomic mass is 9.98. The topological polar surface area (TPSA) is 50.2 Å². The van der Waals surface area contributed by atoms with Gasteiger partial charge in [0.15, 0.2) is 0 Å². The van der Waals surface area contributed by atoms with E-state index in [0.717, 1.165) is 38.1 Å². The highest BCUT2D eigenvalue weighted by molar-refractivity contribution is 5.86. The number of rotatable bonds is 4. The second kappa shape index (κ2) is 4.63. The zero-order chi connectivity index (χ0) is 13.5. The maximum atomic E-state index is 12.8. The van der Waals surface area contributed by atoms with Crippen molar-refractivity contribution in [1.82, 2.24) is 19.8 Å². The molecule has 1 atom stereocenters. The molecule has 1 aliphatic heterocycles. The van der Waals surface area contributed by atoms with Gasteiger partial charge < -0.3 is 14.8 Å². The molecule has 0 radical (unpaired) electrons. The summed E-state index contributed by atoms with van der Waals surface area (Å²) in [6.45, 7) is 3.61. The number of aryl methyl sites for hydroxylation is 1. The van der Waals surface area contributed by atoms with Crippen molar-refractivity contribution < 1.29 is 4.79 Å². The highest BCUT2D eigenvalue weighted by Crippen LogP contribution is 2.32. The minimum absolute atomic E-state index is 0.246. The van der Waals surface area contributed by atoms with Gasteiger partial charge in [-0.15, -0.1) is 0 Å². The molecule has 1 aromatic heterocycles. The normalized spacial score (nSPS) is 26.6. The molecule has 1 aliphatic carbocycles. The van der Waals surface area contributed by atoms with Crippen LogP contribution in [0, 0.1) is 0 Å². The summed E-state index contributed by atoms with van der Waals surface area (Å²) in [5.41, 5.74) is -0.367. The molecule has 2 aliphatic rings. The van der Waals surface area contributed by atoms with E-state index in [0.29, 0.717) is 12.6 Å². The standard InChI is InChI=1S/C14H22N4O/c1-14(6-3-7-16-14)13(19)18(11-4-5-11)10-12-15-8-9-17(12)2/h8-9,11,16H,3-7,10H2,1-2H3. The number of hydrogen-bond donors (Lipinski definition) is 1. The number of carbonyl (C=O) groups excluding carboxylic acids is 1. The van der Waals surface area contributed by atoms with Gasteiger partial charge in [0.05, 0.1) is 12.1 Å². The third kappa shape index (κ3) is 2.39. The lowest BCUT2D eigenvalue weighted by Crippen LogP contribution is -2.53. The lowest BCUT2D eigenvalue weighted by molar-refractivity contribution is -0.138. The van der Waals surface area contributed by atoms with Crippen LogP contribution in [0.15, 0.2) is 12.4 Å². The van der Waals surface area contributed by atoms with Gasteiger partial charge in [-0.3, -0.25) is 4.79 Å². The van der Waals surface area contributed by atoms with Crippen LogP contribution in [0.5, 0.6) is 0 Å². The Hall–Kier alpha value is -1.36. The van der Waals surface area contributed by atoms with E-state index in [2.05, 4.69) is 10.3 Å². The summed E-state index contributed by atoms with van der Waals surface area (Å²) in [5, 5.41) is 3.37. The van der Waals surface area contributed by atoms with Gasteiger partial charge in [0.1, 0.15) is 5.82 Å². The lowest BCUT2D eigenvalue weighted by Gasteiger charge is -2.32. The summed E-state index contributed by atoms with van der Waals surface area (Å²) < 4.78 is 1.99. The number of nitrogens with zero attached hydrogens (tertiary/aromatic N) is 3. The molecule has 19 heavy (non-hydrogen) atoms. The third-order valence-corrected chi connectivity index (χ3v) is 4.32. The van der Waals surface area contributed by atoms with Gasteiger partial charge in [-0.05, 0) is 39.2 Å². The highest BCUT2D eigenvalue weighted by Gasteiger charge is 2.43. The van der Waals surface area contributed by atoms with Crippen LogP contribution in [0.4, 0.5) is 0 Å². The van der Waals surface area contributed by atoms with Crippen LogP contribution in [-0.2, 0) is 18.4 Å². The fraction of sp³-hybridized carbons (Fsp3) is 0.714. The molecule has 0 bridgehead atoms. The predicted octanol–water partition coefficient (Wildman–Crippen LogP) is 1.05. The van der Waals surface area contributed by atoms with Crippen molar-refractivity contribution in [3.8, 4) is 0 Å². The summed E-state index contributed by atoms with van der Waals surface area (Å²) in [6, 6.07) is 0.420. The van der Waals surface area contributed by atoms with Crippen molar-refractivity contribution in [3.05, 3.63) is 18.2 Å². The minimum atomic E-state index is -0.367. The molecular weight excluding hydrogens is 240 g/mol. The Bertz CT molecular complexity index is 472. The summed E-state index contributed by atoms with van der Waals surface area (Å²) in [6.07, 6.45) is 8.01. The molecule has 1 saturated carbocycles. The molecule has 1 saturated heterocycles. The highest BCUT2D eigenvalue weighted by atomic mass is 16.2. The molecule has 104 valence electrons. The first kappa shape index (κ1) is 12.7. The van der Waals surface area contributed by atoms with Crippen LogP contribution >= 0.6 is 0 Å². The van der Waals surface area contributed by atoms with Crippen molar-refractivity contribution in [1.29, 1.82) is 0 Å². The zero-order valence-electron chi connectivity index (χ0n) is 11.7. The molecule has 1 amide bonds. The van der Waals surface area contributed by atoms with Crippen molar-refractivity contribution in [2.45, 2.75) is 50.7 Å². The molecule has 1 unspecified atom stereocenters. The molecule has 5 heteroatoms. The molecule has 5 nitrogen and oxygen atoms in total. The van der Waals surface area contributed by atoms with E-state index in [1.165, 1.54) is 0 Å². The van der Waals surface area contributed by atoms with Gasteiger partial charge in [0.25, 0.3) is 0 Å². The number of hydrogen-bond acceptors (Lipinski definition) is 3.